The zero-order valence-corrected chi connectivity index (χ0v) is 12.1. The van der Waals surface area contributed by atoms with E-state index in [2.05, 4.69) is 12.2 Å². The van der Waals surface area contributed by atoms with Gasteiger partial charge in [-0.2, -0.15) is 0 Å². The molecule has 0 radical (unpaired) electrons. The van der Waals surface area contributed by atoms with E-state index in [9.17, 15) is 9.59 Å². The van der Waals surface area contributed by atoms with Crippen molar-refractivity contribution in [2.45, 2.75) is 71.4 Å². The molecule has 0 aromatic carbocycles. The maximum Gasteiger partial charge on any atom is 0.248 e. The fraction of sp³-hybridized carbons (Fsp3) is 0.857. The number of carbonyl (C=O) groups is 2. The van der Waals surface area contributed by atoms with E-state index in [0.29, 0.717) is 13.0 Å². The molecule has 18 heavy (non-hydrogen) atoms. The topological polar surface area (TPSA) is 49.4 Å². The molecule has 2 unspecified atom stereocenters. The molecule has 1 aliphatic heterocycles. The molecule has 1 heterocycles. The summed E-state index contributed by atoms with van der Waals surface area (Å²) in [6.07, 6.45) is 4.29. The SMILES string of the molecule is CCCCN1C(=O)C(C)(CC)NC(=O)C1CCC. The Labute approximate surface area is 110 Å². The predicted molar refractivity (Wildman–Crippen MR) is 72.2 cm³/mol. The standard InChI is InChI=1S/C14H26N2O2/c1-5-8-10-16-11(9-6-2)12(17)15-14(4,7-3)13(16)18/h11H,5-10H2,1-4H3,(H,15,17). The Morgan fingerprint density at radius 3 is 2.39 bits per heavy atom. The molecule has 104 valence electrons. The van der Waals surface area contributed by atoms with Crippen molar-refractivity contribution in [3.63, 3.8) is 0 Å². The Morgan fingerprint density at radius 2 is 1.89 bits per heavy atom. The number of nitrogens with one attached hydrogen (secondary N) is 1. The molecule has 1 rings (SSSR count). The predicted octanol–water partition coefficient (Wildman–Crippen LogP) is 2.08. The maximum absolute atomic E-state index is 12.5. The molecule has 0 aliphatic carbocycles. The number of hydrogen-bond donors (Lipinski definition) is 1. The van der Waals surface area contributed by atoms with Crippen LogP contribution in [0.5, 0.6) is 0 Å². The summed E-state index contributed by atoms with van der Waals surface area (Å²) in [5.74, 6) is 0.0911. The zero-order chi connectivity index (χ0) is 13.8. The summed E-state index contributed by atoms with van der Waals surface area (Å²) in [5.41, 5.74) is -0.713. The van der Waals surface area contributed by atoms with Crippen molar-refractivity contribution < 1.29 is 9.59 Å². The minimum absolute atomic E-state index is 0.0110. The number of carbonyl (C=O) groups excluding carboxylic acids is 2. The number of unbranched alkanes of at least 4 members (excludes halogenated alkanes) is 1. The van der Waals surface area contributed by atoms with E-state index in [-0.39, 0.29) is 17.9 Å². The number of piperazine rings is 1. The van der Waals surface area contributed by atoms with Crippen molar-refractivity contribution in [1.29, 1.82) is 0 Å². The van der Waals surface area contributed by atoms with Crippen LogP contribution in [0.2, 0.25) is 0 Å². The Hall–Kier alpha value is -1.06. The summed E-state index contributed by atoms with van der Waals surface area (Å²) in [5, 5.41) is 2.90. The van der Waals surface area contributed by atoms with E-state index in [1.165, 1.54) is 0 Å². The normalized spacial score (nSPS) is 28.4. The van der Waals surface area contributed by atoms with Crippen molar-refractivity contribution >= 4 is 11.8 Å². The van der Waals surface area contributed by atoms with Gasteiger partial charge in [-0.25, -0.2) is 0 Å². The Morgan fingerprint density at radius 1 is 1.22 bits per heavy atom. The summed E-state index contributed by atoms with van der Waals surface area (Å²) < 4.78 is 0. The van der Waals surface area contributed by atoms with E-state index in [1.807, 2.05) is 20.8 Å². The molecule has 1 aliphatic rings. The number of hydrogen-bond acceptors (Lipinski definition) is 2. The fourth-order valence-electron chi connectivity index (χ4n) is 2.39. The Balaban J connectivity index is 2.93. The second kappa shape index (κ2) is 6.21. The third-order valence-electron chi connectivity index (χ3n) is 3.83. The minimum Gasteiger partial charge on any atom is -0.340 e. The molecule has 2 atom stereocenters. The van der Waals surface area contributed by atoms with Crippen molar-refractivity contribution in [2.75, 3.05) is 6.54 Å². The van der Waals surface area contributed by atoms with Gasteiger partial charge in [0.25, 0.3) is 0 Å². The number of nitrogens with zero attached hydrogens (tertiary/aromatic N) is 1. The van der Waals surface area contributed by atoms with Crippen molar-refractivity contribution in [1.82, 2.24) is 10.2 Å². The first-order valence-electron chi connectivity index (χ1n) is 7.13. The lowest BCUT2D eigenvalue weighted by Crippen LogP contribution is -2.69. The molecule has 1 fully saturated rings. The van der Waals surface area contributed by atoms with Crippen LogP contribution in [-0.2, 0) is 9.59 Å². The first-order chi connectivity index (χ1) is 8.50. The van der Waals surface area contributed by atoms with Crippen LogP contribution < -0.4 is 5.32 Å². The molecule has 4 nitrogen and oxygen atoms in total. The van der Waals surface area contributed by atoms with Gasteiger partial charge in [0.15, 0.2) is 0 Å². The smallest absolute Gasteiger partial charge is 0.248 e. The molecule has 0 aromatic heterocycles. The molecular formula is C14H26N2O2. The first-order valence-corrected chi connectivity index (χ1v) is 7.13. The Kier molecular flexibility index (Phi) is 5.17. The van der Waals surface area contributed by atoms with E-state index < -0.39 is 5.54 Å². The molecular weight excluding hydrogens is 228 g/mol. The highest BCUT2D eigenvalue weighted by atomic mass is 16.2. The lowest BCUT2D eigenvalue weighted by Gasteiger charge is -2.44. The van der Waals surface area contributed by atoms with Gasteiger partial charge in [0.05, 0.1) is 0 Å². The van der Waals surface area contributed by atoms with Crippen LogP contribution in [0.25, 0.3) is 0 Å². The largest absolute Gasteiger partial charge is 0.340 e. The zero-order valence-electron chi connectivity index (χ0n) is 12.1. The highest BCUT2D eigenvalue weighted by Gasteiger charge is 2.46. The lowest BCUT2D eigenvalue weighted by molar-refractivity contribution is -0.154. The molecule has 0 saturated carbocycles. The number of rotatable bonds is 6. The summed E-state index contributed by atoms with van der Waals surface area (Å²) >= 11 is 0. The van der Waals surface area contributed by atoms with Gasteiger partial charge in [-0.15, -0.1) is 0 Å². The van der Waals surface area contributed by atoms with Crippen LogP contribution in [0, 0.1) is 0 Å². The molecule has 0 bridgehead atoms. The van der Waals surface area contributed by atoms with Crippen LogP contribution in [0.1, 0.15) is 59.8 Å². The maximum atomic E-state index is 12.5. The average Bonchev–Trinajstić information content (AvgIpc) is 2.35. The van der Waals surface area contributed by atoms with Gasteiger partial charge in [-0.1, -0.05) is 33.6 Å². The van der Waals surface area contributed by atoms with Crippen LogP contribution in [0.15, 0.2) is 0 Å². The van der Waals surface area contributed by atoms with Crippen LogP contribution in [0.4, 0.5) is 0 Å². The molecule has 1 saturated heterocycles. The van der Waals surface area contributed by atoms with E-state index in [1.54, 1.807) is 4.90 Å². The van der Waals surface area contributed by atoms with Gasteiger partial charge in [0.1, 0.15) is 11.6 Å². The summed E-state index contributed by atoms with van der Waals surface area (Å²) in [4.78, 5) is 26.5. The molecule has 1 N–H and O–H groups in total. The van der Waals surface area contributed by atoms with E-state index >= 15 is 0 Å². The second-order valence-electron chi connectivity index (χ2n) is 5.33. The van der Waals surface area contributed by atoms with E-state index in [0.717, 1.165) is 25.7 Å². The molecule has 4 heteroatoms. The van der Waals surface area contributed by atoms with Gasteiger partial charge in [-0.05, 0) is 26.2 Å². The third kappa shape index (κ3) is 2.85. The van der Waals surface area contributed by atoms with Gasteiger partial charge >= 0.3 is 0 Å². The van der Waals surface area contributed by atoms with E-state index in [4.69, 9.17) is 0 Å². The minimum atomic E-state index is -0.713. The Bertz CT molecular complexity index is 317. The highest BCUT2D eigenvalue weighted by molar-refractivity contribution is 5.99. The van der Waals surface area contributed by atoms with Crippen molar-refractivity contribution in [3.8, 4) is 0 Å². The summed E-state index contributed by atoms with van der Waals surface area (Å²) in [7, 11) is 0. The van der Waals surface area contributed by atoms with Gasteiger partial charge in [0, 0.05) is 6.54 Å². The van der Waals surface area contributed by atoms with Gasteiger partial charge < -0.3 is 10.2 Å². The lowest BCUT2D eigenvalue weighted by atomic mass is 9.90. The highest BCUT2D eigenvalue weighted by Crippen LogP contribution is 2.24. The van der Waals surface area contributed by atoms with Gasteiger partial charge in [-0.3, -0.25) is 9.59 Å². The second-order valence-corrected chi connectivity index (χ2v) is 5.33. The summed E-state index contributed by atoms with van der Waals surface area (Å²) in [6, 6.07) is -0.270. The van der Waals surface area contributed by atoms with Crippen LogP contribution in [0.3, 0.4) is 0 Å². The van der Waals surface area contributed by atoms with Gasteiger partial charge in [0.2, 0.25) is 11.8 Å². The first kappa shape index (κ1) is 15.0. The summed E-state index contributed by atoms with van der Waals surface area (Å²) in [6.45, 7) is 8.61. The van der Waals surface area contributed by atoms with Crippen LogP contribution >= 0.6 is 0 Å². The molecule has 0 spiro atoms. The fourth-order valence-corrected chi connectivity index (χ4v) is 2.39. The monoisotopic (exact) mass is 254 g/mol. The van der Waals surface area contributed by atoms with Crippen LogP contribution in [-0.4, -0.2) is 34.8 Å². The molecule has 2 amide bonds. The third-order valence-corrected chi connectivity index (χ3v) is 3.83. The quantitative estimate of drug-likeness (QED) is 0.789. The number of amides is 2. The average molecular weight is 254 g/mol. The van der Waals surface area contributed by atoms with Crippen molar-refractivity contribution in [2.24, 2.45) is 0 Å². The van der Waals surface area contributed by atoms with Crippen molar-refractivity contribution in [3.05, 3.63) is 0 Å². The molecule has 0 aromatic rings.